The van der Waals surface area contributed by atoms with Gasteiger partial charge in [0.1, 0.15) is 0 Å². The van der Waals surface area contributed by atoms with Crippen molar-refractivity contribution in [1.29, 1.82) is 0 Å². The number of nitro benzene ring substituents is 1. The summed E-state index contributed by atoms with van der Waals surface area (Å²) in [5, 5.41) is 10.9. The number of nitro groups is 1. The maximum atomic E-state index is 11.9. The minimum absolute atomic E-state index is 0.0384. The second-order valence-electron chi connectivity index (χ2n) is 4.53. The Hall–Kier alpha value is -2.01. The highest BCUT2D eigenvalue weighted by Gasteiger charge is 2.21. The molecule has 0 unspecified atom stereocenters. The molecular formula is C14H16N2O3. The molecule has 1 saturated heterocycles. The first-order valence-electron chi connectivity index (χ1n) is 6.31. The number of hydrogen-bond donors (Lipinski definition) is 0. The molecule has 1 fully saturated rings. The number of hydrogen-bond acceptors (Lipinski definition) is 4. The summed E-state index contributed by atoms with van der Waals surface area (Å²) in [6, 6.07) is 6.49. The monoisotopic (exact) mass is 260 g/mol. The van der Waals surface area contributed by atoms with Gasteiger partial charge in [-0.2, -0.15) is 0 Å². The van der Waals surface area contributed by atoms with Crippen molar-refractivity contribution in [3.05, 3.63) is 45.5 Å². The summed E-state index contributed by atoms with van der Waals surface area (Å²) in [4.78, 5) is 24.6. The second kappa shape index (κ2) is 5.75. The normalized spacial score (nSPS) is 18.8. The topological polar surface area (TPSA) is 63.5 Å². The van der Waals surface area contributed by atoms with E-state index in [0.717, 1.165) is 13.1 Å². The van der Waals surface area contributed by atoms with Crippen molar-refractivity contribution in [2.24, 2.45) is 0 Å². The smallest absolute Gasteiger partial charge is 0.276 e. The van der Waals surface area contributed by atoms with Crippen LogP contribution in [0.25, 0.3) is 6.08 Å². The van der Waals surface area contributed by atoms with Gasteiger partial charge in [-0.1, -0.05) is 19.1 Å². The number of likely N-dealkylation sites (N-methyl/N-ethyl adjacent to an activating group) is 1. The van der Waals surface area contributed by atoms with Crippen LogP contribution in [-0.4, -0.2) is 35.2 Å². The fourth-order valence-corrected chi connectivity index (χ4v) is 2.19. The van der Waals surface area contributed by atoms with Crippen LogP contribution in [0.5, 0.6) is 0 Å². The minimum atomic E-state index is -0.419. The van der Waals surface area contributed by atoms with Gasteiger partial charge < -0.3 is 0 Å². The van der Waals surface area contributed by atoms with E-state index in [0.29, 0.717) is 24.1 Å². The number of piperidine rings is 1. The molecule has 1 aliphatic heterocycles. The average Bonchev–Trinajstić information content (AvgIpc) is 2.41. The van der Waals surface area contributed by atoms with Crippen molar-refractivity contribution < 1.29 is 9.72 Å². The summed E-state index contributed by atoms with van der Waals surface area (Å²) < 4.78 is 0. The van der Waals surface area contributed by atoms with E-state index >= 15 is 0 Å². The summed E-state index contributed by atoms with van der Waals surface area (Å²) in [5.74, 6) is 0.0860. The van der Waals surface area contributed by atoms with E-state index in [4.69, 9.17) is 0 Å². The molecule has 0 spiro atoms. The molecular weight excluding hydrogens is 244 g/mol. The Kier molecular flexibility index (Phi) is 4.06. The predicted octanol–water partition coefficient (Wildman–Crippen LogP) is 2.27. The third-order valence-corrected chi connectivity index (χ3v) is 3.32. The standard InChI is InChI=1S/C14H16N2O3/c1-2-15-8-7-14(17)12(10-15)9-11-5-3-4-6-13(11)16(18)19/h3-6,9H,2,7-8,10H2,1H3/b12-9+. The summed E-state index contributed by atoms with van der Waals surface area (Å²) in [6.07, 6.45) is 2.14. The molecule has 1 aliphatic rings. The number of rotatable bonds is 3. The lowest BCUT2D eigenvalue weighted by Crippen LogP contribution is -2.35. The third-order valence-electron chi connectivity index (χ3n) is 3.32. The van der Waals surface area contributed by atoms with Gasteiger partial charge in [-0.3, -0.25) is 19.8 Å². The van der Waals surface area contributed by atoms with Gasteiger partial charge >= 0.3 is 0 Å². The van der Waals surface area contributed by atoms with E-state index in [1.54, 1.807) is 24.3 Å². The second-order valence-corrected chi connectivity index (χ2v) is 4.53. The lowest BCUT2D eigenvalue weighted by atomic mass is 10.00. The van der Waals surface area contributed by atoms with Gasteiger partial charge in [0.15, 0.2) is 5.78 Å². The van der Waals surface area contributed by atoms with Gasteiger partial charge in [0, 0.05) is 31.1 Å². The molecule has 2 rings (SSSR count). The molecule has 1 aromatic carbocycles. The molecule has 0 atom stereocenters. The van der Waals surface area contributed by atoms with Crippen molar-refractivity contribution in [1.82, 2.24) is 4.90 Å². The Morgan fingerprint density at radius 1 is 1.42 bits per heavy atom. The van der Waals surface area contributed by atoms with Crippen LogP contribution in [0.3, 0.4) is 0 Å². The van der Waals surface area contributed by atoms with Crippen molar-refractivity contribution in [2.75, 3.05) is 19.6 Å². The molecule has 0 bridgehead atoms. The van der Waals surface area contributed by atoms with E-state index < -0.39 is 4.92 Å². The number of para-hydroxylation sites is 1. The molecule has 0 aromatic heterocycles. The van der Waals surface area contributed by atoms with Crippen LogP contribution >= 0.6 is 0 Å². The number of carbonyl (C=O) groups excluding carboxylic acids is 1. The maximum absolute atomic E-state index is 11.9. The van der Waals surface area contributed by atoms with Gasteiger partial charge in [0.25, 0.3) is 5.69 Å². The van der Waals surface area contributed by atoms with Crippen LogP contribution in [0.4, 0.5) is 5.69 Å². The van der Waals surface area contributed by atoms with E-state index in [1.165, 1.54) is 6.07 Å². The van der Waals surface area contributed by atoms with Crippen molar-refractivity contribution >= 4 is 17.5 Å². The minimum Gasteiger partial charge on any atom is -0.299 e. The van der Waals surface area contributed by atoms with Crippen LogP contribution < -0.4 is 0 Å². The van der Waals surface area contributed by atoms with Gasteiger partial charge in [-0.15, -0.1) is 0 Å². The van der Waals surface area contributed by atoms with Gasteiger partial charge in [0.05, 0.1) is 10.5 Å². The van der Waals surface area contributed by atoms with Gasteiger partial charge in [-0.05, 0) is 18.7 Å². The molecule has 0 saturated carbocycles. The highest BCUT2D eigenvalue weighted by atomic mass is 16.6. The Morgan fingerprint density at radius 2 is 2.16 bits per heavy atom. The average molecular weight is 260 g/mol. The lowest BCUT2D eigenvalue weighted by Gasteiger charge is -2.26. The number of Topliss-reactive ketones (excluding diaryl/α,β-unsaturated/α-hetero) is 1. The summed E-state index contributed by atoms with van der Waals surface area (Å²) >= 11 is 0. The zero-order chi connectivity index (χ0) is 13.8. The number of nitrogens with zero attached hydrogens (tertiary/aromatic N) is 2. The zero-order valence-corrected chi connectivity index (χ0v) is 10.8. The van der Waals surface area contributed by atoms with E-state index in [1.807, 2.05) is 6.92 Å². The van der Waals surface area contributed by atoms with Crippen molar-refractivity contribution in [3.63, 3.8) is 0 Å². The summed E-state index contributed by atoms with van der Waals surface area (Å²) in [5.41, 5.74) is 1.19. The van der Waals surface area contributed by atoms with Crippen LogP contribution in [0.15, 0.2) is 29.8 Å². The molecule has 0 N–H and O–H groups in total. The van der Waals surface area contributed by atoms with Crippen LogP contribution in [0.1, 0.15) is 18.9 Å². The molecule has 0 radical (unpaired) electrons. The van der Waals surface area contributed by atoms with Crippen LogP contribution in [-0.2, 0) is 4.79 Å². The molecule has 0 amide bonds. The fourth-order valence-electron chi connectivity index (χ4n) is 2.19. The number of carbonyl (C=O) groups is 1. The largest absolute Gasteiger partial charge is 0.299 e. The van der Waals surface area contributed by atoms with E-state index in [-0.39, 0.29) is 11.5 Å². The molecule has 0 aliphatic carbocycles. The first kappa shape index (κ1) is 13.4. The highest BCUT2D eigenvalue weighted by Crippen LogP contribution is 2.23. The maximum Gasteiger partial charge on any atom is 0.276 e. The SMILES string of the molecule is CCN1CCC(=O)/C(=C/c2ccccc2[N+](=O)[O-])C1. The Balaban J connectivity index is 2.34. The summed E-state index contributed by atoms with van der Waals surface area (Å²) in [6.45, 7) is 4.25. The van der Waals surface area contributed by atoms with Crippen molar-refractivity contribution in [3.8, 4) is 0 Å². The lowest BCUT2D eigenvalue weighted by molar-refractivity contribution is -0.385. The first-order valence-corrected chi connectivity index (χ1v) is 6.31. The number of likely N-dealkylation sites (tertiary alicyclic amines) is 1. The van der Waals surface area contributed by atoms with Gasteiger partial charge in [0.2, 0.25) is 0 Å². The molecule has 5 heteroatoms. The summed E-state index contributed by atoms with van der Waals surface area (Å²) in [7, 11) is 0. The molecule has 1 heterocycles. The van der Waals surface area contributed by atoms with Gasteiger partial charge in [-0.25, -0.2) is 0 Å². The predicted molar refractivity (Wildman–Crippen MR) is 72.8 cm³/mol. The third kappa shape index (κ3) is 3.06. The zero-order valence-electron chi connectivity index (χ0n) is 10.8. The Labute approximate surface area is 111 Å². The Morgan fingerprint density at radius 3 is 2.84 bits per heavy atom. The van der Waals surface area contributed by atoms with Crippen LogP contribution in [0.2, 0.25) is 0 Å². The van der Waals surface area contributed by atoms with Crippen LogP contribution in [0, 0.1) is 10.1 Å². The van der Waals surface area contributed by atoms with E-state index in [2.05, 4.69) is 4.90 Å². The molecule has 1 aromatic rings. The number of ketones is 1. The highest BCUT2D eigenvalue weighted by molar-refractivity contribution is 6.01. The fraction of sp³-hybridized carbons (Fsp3) is 0.357. The quantitative estimate of drug-likeness (QED) is 0.475. The van der Waals surface area contributed by atoms with E-state index in [9.17, 15) is 14.9 Å². The molecule has 5 nitrogen and oxygen atoms in total. The first-order chi connectivity index (χ1) is 9.11. The van der Waals surface area contributed by atoms with Crippen molar-refractivity contribution in [2.45, 2.75) is 13.3 Å². The Bertz CT molecular complexity index is 537. The molecule has 19 heavy (non-hydrogen) atoms. The molecule has 100 valence electrons. The number of benzene rings is 1.